The number of hydrogen-bond donors (Lipinski definition) is 1. The van der Waals surface area contributed by atoms with Crippen LogP contribution in [-0.2, 0) is 16.1 Å². The number of aromatic nitrogens is 1. The van der Waals surface area contributed by atoms with Gasteiger partial charge in [0.05, 0.1) is 5.69 Å². The lowest BCUT2D eigenvalue weighted by Gasteiger charge is -2.32. The molecule has 29 heavy (non-hydrogen) atoms. The quantitative estimate of drug-likeness (QED) is 0.795. The zero-order valence-electron chi connectivity index (χ0n) is 18.1. The first kappa shape index (κ1) is 22.0. The minimum Gasteiger partial charge on any atom is -0.444 e. The van der Waals surface area contributed by atoms with E-state index in [1.807, 2.05) is 26.2 Å². The van der Waals surface area contributed by atoms with E-state index in [4.69, 9.17) is 4.74 Å². The number of amides is 2. The Bertz CT molecular complexity index is 699. The van der Waals surface area contributed by atoms with E-state index in [1.54, 1.807) is 4.90 Å². The van der Waals surface area contributed by atoms with Crippen LogP contribution in [0.5, 0.6) is 0 Å². The number of likely N-dealkylation sites (tertiary alicyclic amines) is 2. The van der Waals surface area contributed by atoms with Crippen LogP contribution in [0, 0.1) is 11.8 Å². The minimum atomic E-state index is -0.500. The molecule has 7 nitrogen and oxygen atoms in total. The summed E-state index contributed by atoms with van der Waals surface area (Å²) in [5.74, 6) is 0.726. The largest absolute Gasteiger partial charge is 0.444 e. The Morgan fingerprint density at radius 2 is 1.83 bits per heavy atom. The lowest BCUT2D eigenvalue weighted by atomic mass is 9.96. The van der Waals surface area contributed by atoms with E-state index < -0.39 is 5.60 Å². The van der Waals surface area contributed by atoms with E-state index in [0.717, 1.165) is 31.2 Å². The third kappa shape index (κ3) is 6.67. The van der Waals surface area contributed by atoms with Crippen molar-refractivity contribution in [2.24, 2.45) is 11.8 Å². The monoisotopic (exact) mass is 422 g/mol. The van der Waals surface area contributed by atoms with E-state index in [0.29, 0.717) is 31.1 Å². The van der Waals surface area contributed by atoms with Crippen molar-refractivity contribution in [3.8, 4) is 0 Å². The van der Waals surface area contributed by atoms with Gasteiger partial charge in [0.25, 0.3) is 0 Å². The lowest BCUT2D eigenvalue weighted by Crippen LogP contribution is -2.43. The van der Waals surface area contributed by atoms with Crippen LogP contribution in [0.25, 0.3) is 0 Å². The Labute approximate surface area is 177 Å². The summed E-state index contributed by atoms with van der Waals surface area (Å²) in [4.78, 5) is 33.5. The van der Waals surface area contributed by atoms with Crippen LogP contribution in [0.4, 0.5) is 9.93 Å². The second-order valence-corrected chi connectivity index (χ2v) is 10.2. The molecule has 0 aliphatic carbocycles. The first-order chi connectivity index (χ1) is 13.7. The normalized spacial score (nSPS) is 19.9. The van der Waals surface area contributed by atoms with E-state index in [9.17, 15) is 9.59 Å². The highest BCUT2D eigenvalue weighted by Gasteiger charge is 2.30. The van der Waals surface area contributed by atoms with Gasteiger partial charge < -0.3 is 15.0 Å². The lowest BCUT2D eigenvalue weighted by molar-refractivity contribution is -0.121. The zero-order chi connectivity index (χ0) is 21.0. The third-order valence-electron chi connectivity index (χ3n) is 5.56. The number of piperidine rings is 2. The molecule has 0 atom stereocenters. The molecule has 1 N–H and O–H groups in total. The van der Waals surface area contributed by atoms with Crippen LogP contribution in [0.3, 0.4) is 0 Å². The standard InChI is InChI=1S/C21H34N4O3S/c1-15-5-9-24(10-6-15)13-17-14-29-19(22-17)23-18(26)16-7-11-25(12-8-16)20(27)28-21(2,3)4/h14-16H,5-13H2,1-4H3,(H,22,23,26). The fraction of sp³-hybridized carbons (Fsp3) is 0.762. The molecule has 3 heterocycles. The predicted octanol–water partition coefficient (Wildman–Crippen LogP) is 3.96. The van der Waals surface area contributed by atoms with E-state index in [1.165, 1.54) is 24.2 Å². The fourth-order valence-corrected chi connectivity index (χ4v) is 4.45. The Morgan fingerprint density at radius 3 is 2.45 bits per heavy atom. The second-order valence-electron chi connectivity index (χ2n) is 9.33. The number of rotatable bonds is 4. The molecule has 2 aliphatic rings. The van der Waals surface area contributed by atoms with Crippen molar-refractivity contribution in [2.45, 2.75) is 65.5 Å². The number of carbonyl (C=O) groups is 2. The topological polar surface area (TPSA) is 74.8 Å². The predicted molar refractivity (Wildman–Crippen MR) is 115 cm³/mol. The van der Waals surface area contributed by atoms with Crippen molar-refractivity contribution in [1.29, 1.82) is 0 Å². The molecule has 0 unspecified atom stereocenters. The van der Waals surface area contributed by atoms with Gasteiger partial charge in [-0.05, 0) is 65.5 Å². The Balaban J connectivity index is 1.43. The number of carbonyl (C=O) groups excluding carboxylic acids is 2. The van der Waals surface area contributed by atoms with Gasteiger partial charge in [-0.3, -0.25) is 9.69 Å². The molecule has 3 rings (SSSR count). The van der Waals surface area contributed by atoms with Gasteiger partial charge in [0, 0.05) is 30.9 Å². The van der Waals surface area contributed by atoms with Gasteiger partial charge in [0.15, 0.2) is 5.13 Å². The van der Waals surface area contributed by atoms with Crippen molar-refractivity contribution in [2.75, 3.05) is 31.5 Å². The summed E-state index contributed by atoms with van der Waals surface area (Å²) >= 11 is 1.49. The van der Waals surface area contributed by atoms with Crippen LogP contribution >= 0.6 is 11.3 Å². The van der Waals surface area contributed by atoms with Crippen molar-refractivity contribution < 1.29 is 14.3 Å². The first-order valence-electron chi connectivity index (χ1n) is 10.6. The van der Waals surface area contributed by atoms with E-state index in [2.05, 4.69) is 22.1 Å². The molecule has 1 aromatic heterocycles. The van der Waals surface area contributed by atoms with Crippen LogP contribution < -0.4 is 5.32 Å². The molecule has 1 aromatic rings. The summed E-state index contributed by atoms with van der Waals surface area (Å²) in [5, 5.41) is 5.69. The highest BCUT2D eigenvalue weighted by Crippen LogP contribution is 2.24. The molecule has 0 spiro atoms. The number of ether oxygens (including phenoxy) is 1. The highest BCUT2D eigenvalue weighted by molar-refractivity contribution is 7.13. The summed E-state index contributed by atoms with van der Waals surface area (Å²) in [6.45, 7) is 12.1. The molecule has 0 bridgehead atoms. The van der Waals surface area contributed by atoms with Crippen LogP contribution in [0.2, 0.25) is 0 Å². The van der Waals surface area contributed by atoms with Gasteiger partial charge in [-0.25, -0.2) is 9.78 Å². The van der Waals surface area contributed by atoms with Crippen molar-refractivity contribution >= 4 is 28.5 Å². The van der Waals surface area contributed by atoms with Crippen molar-refractivity contribution in [1.82, 2.24) is 14.8 Å². The molecule has 162 valence electrons. The van der Waals surface area contributed by atoms with Gasteiger partial charge in [-0.2, -0.15) is 0 Å². The molecule has 0 radical (unpaired) electrons. The minimum absolute atomic E-state index is 0.00142. The maximum atomic E-state index is 12.6. The van der Waals surface area contributed by atoms with Gasteiger partial charge >= 0.3 is 6.09 Å². The summed E-state index contributed by atoms with van der Waals surface area (Å²) in [6.07, 6.45) is 3.49. The molecule has 0 aromatic carbocycles. The van der Waals surface area contributed by atoms with E-state index >= 15 is 0 Å². The molecular formula is C21H34N4O3S. The highest BCUT2D eigenvalue weighted by atomic mass is 32.1. The number of nitrogens with zero attached hydrogens (tertiary/aromatic N) is 3. The fourth-order valence-electron chi connectivity index (χ4n) is 3.74. The molecule has 2 aliphatic heterocycles. The van der Waals surface area contributed by atoms with Gasteiger partial charge in [-0.15, -0.1) is 11.3 Å². The van der Waals surface area contributed by atoms with Crippen LogP contribution in [0.1, 0.15) is 59.1 Å². The van der Waals surface area contributed by atoms with Crippen molar-refractivity contribution in [3.05, 3.63) is 11.1 Å². The molecule has 0 saturated carbocycles. The number of hydrogen-bond acceptors (Lipinski definition) is 6. The van der Waals surface area contributed by atoms with Crippen LogP contribution in [0.15, 0.2) is 5.38 Å². The van der Waals surface area contributed by atoms with Gasteiger partial charge in [0.1, 0.15) is 5.60 Å². The second kappa shape index (κ2) is 9.43. The Hall–Kier alpha value is -1.67. The number of nitrogens with one attached hydrogen (secondary N) is 1. The summed E-state index contributed by atoms with van der Waals surface area (Å²) < 4.78 is 5.41. The van der Waals surface area contributed by atoms with Gasteiger partial charge in [0.2, 0.25) is 5.91 Å². The van der Waals surface area contributed by atoms with Crippen LogP contribution in [-0.4, -0.2) is 58.6 Å². The zero-order valence-corrected chi connectivity index (χ0v) is 18.9. The van der Waals surface area contributed by atoms with Gasteiger partial charge in [-0.1, -0.05) is 6.92 Å². The summed E-state index contributed by atoms with van der Waals surface area (Å²) in [7, 11) is 0. The molecule has 2 saturated heterocycles. The summed E-state index contributed by atoms with van der Waals surface area (Å²) in [5.41, 5.74) is 0.528. The SMILES string of the molecule is CC1CCN(Cc2csc(NC(=O)C3CCN(C(=O)OC(C)(C)C)CC3)n2)CC1. The average molecular weight is 423 g/mol. The average Bonchev–Trinajstić information content (AvgIpc) is 3.09. The molecule has 8 heteroatoms. The van der Waals surface area contributed by atoms with Crippen molar-refractivity contribution in [3.63, 3.8) is 0 Å². The molecule has 2 amide bonds. The Morgan fingerprint density at radius 1 is 1.17 bits per heavy atom. The first-order valence-corrected chi connectivity index (χ1v) is 11.5. The molecule has 2 fully saturated rings. The maximum absolute atomic E-state index is 12.6. The maximum Gasteiger partial charge on any atom is 0.410 e. The van der Waals surface area contributed by atoms with E-state index in [-0.39, 0.29) is 17.9 Å². The Kier molecular flexibility index (Phi) is 7.16. The number of thiazole rings is 1. The third-order valence-corrected chi connectivity index (χ3v) is 6.37. The smallest absolute Gasteiger partial charge is 0.410 e. The number of anilines is 1. The molecular weight excluding hydrogens is 388 g/mol. The summed E-state index contributed by atoms with van der Waals surface area (Å²) in [6, 6.07) is 0.